The van der Waals surface area contributed by atoms with Crippen LogP contribution in [0.3, 0.4) is 0 Å². The van der Waals surface area contributed by atoms with Crippen LogP contribution in [0.25, 0.3) is 0 Å². The van der Waals surface area contributed by atoms with Crippen LogP contribution in [-0.4, -0.2) is 42.9 Å². The second kappa shape index (κ2) is 7.09. The normalized spacial score (nSPS) is 21.5. The van der Waals surface area contributed by atoms with Crippen LogP contribution in [0.15, 0.2) is 48.5 Å². The molecule has 2 aliphatic rings. The summed E-state index contributed by atoms with van der Waals surface area (Å²) < 4.78 is 0. The fourth-order valence-electron chi connectivity index (χ4n) is 3.77. The summed E-state index contributed by atoms with van der Waals surface area (Å²) in [6.07, 6.45) is 0. The number of likely N-dealkylation sites (tertiary alicyclic amines) is 1. The lowest BCUT2D eigenvalue weighted by Gasteiger charge is -2.19. The minimum Gasteiger partial charge on any atom is -0.338 e. The predicted octanol–water partition coefficient (Wildman–Crippen LogP) is 2.88. The number of fused-ring (bicyclic) bond motifs is 1. The van der Waals surface area contributed by atoms with E-state index in [1.165, 1.54) is 0 Å². The maximum atomic E-state index is 13.0. The molecule has 6 heteroatoms. The molecule has 2 aromatic rings. The molecule has 134 valence electrons. The minimum atomic E-state index is -0.260. The third kappa shape index (κ3) is 3.32. The fraction of sp³-hybridized carbons (Fsp3) is 0.300. The summed E-state index contributed by atoms with van der Waals surface area (Å²) in [6, 6.07) is 13.8. The van der Waals surface area contributed by atoms with Gasteiger partial charge in [0, 0.05) is 36.8 Å². The van der Waals surface area contributed by atoms with Crippen molar-refractivity contribution in [3.63, 3.8) is 0 Å². The van der Waals surface area contributed by atoms with Gasteiger partial charge in [-0.15, -0.1) is 0 Å². The van der Waals surface area contributed by atoms with E-state index >= 15 is 0 Å². The first kappa shape index (κ1) is 17.1. The maximum Gasteiger partial charge on any atom is 0.255 e. The first-order valence-electron chi connectivity index (χ1n) is 8.78. The number of rotatable bonds is 3. The standard InChI is InChI=1S/C20H20ClN3O2/c21-16-7-5-13(6-8-16)19(25)23-18-4-2-1-3-17(18)20(26)24-11-14-9-22-10-15(14)12-24/h1-8,14-15,22H,9-12H2,(H,23,25)/t14-,15+. The van der Waals surface area contributed by atoms with E-state index in [1.54, 1.807) is 36.4 Å². The van der Waals surface area contributed by atoms with Crippen LogP contribution in [0.5, 0.6) is 0 Å². The fourth-order valence-corrected chi connectivity index (χ4v) is 3.89. The zero-order valence-electron chi connectivity index (χ0n) is 14.2. The first-order valence-corrected chi connectivity index (χ1v) is 9.15. The van der Waals surface area contributed by atoms with E-state index in [-0.39, 0.29) is 11.8 Å². The van der Waals surface area contributed by atoms with Gasteiger partial charge in [-0.3, -0.25) is 9.59 Å². The van der Waals surface area contributed by atoms with Gasteiger partial charge in [0.1, 0.15) is 0 Å². The molecular formula is C20H20ClN3O2. The molecule has 4 rings (SSSR count). The molecule has 0 radical (unpaired) electrons. The number of hydrogen-bond donors (Lipinski definition) is 2. The van der Waals surface area contributed by atoms with E-state index in [4.69, 9.17) is 11.6 Å². The van der Waals surface area contributed by atoms with E-state index in [0.717, 1.165) is 26.2 Å². The van der Waals surface area contributed by atoms with E-state index in [2.05, 4.69) is 10.6 Å². The van der Waals surface area contributed by atoms with Gasteiger partial charge in [0.05, 0.1) is 11.3 Å². The summed E-state index contributed by atoms with van der Waals surface area (Å²) in [5, 5.41) is 6.81. The molecule has 2 aromatic carbocycles. The highest BCUT2D eigenvalue weighted by atomic mass is 35.5. The Morgan fingerprint density at radius 2 is 1.65 bits per heavy atom. The topological polar surface area (TPSA) is 61.4 Å². The highest BCUT2D eigenvalue weighted by Crippen LogP contribution is 2.29. The third-order valence-corrected chi connectivity index (χ3v) is 5.44. The largest absolute Gasteiger partial charge is 0.338 e. The van der Waals surface area contributed by atoms with Crippen LogP contribution in [0, 0.1) is 11.8 Å². The Balaban J connectivity index is 1.52. The predicted molar refractivity (Wildman–Crippen MR) is 102 cm³/mol. The van der Waals surface area contributed by atoms with Gasteiger partial charge in [-0.05, 0) is 48.2 Å². The van der Waals surface area contributed by atoms with Crippen LogP contribution in [0.2, 0.25) is 5.02 Å². The summed E-state index contributed by atoms with van der Waals surface area (Å²) in [5.41, 5.74) is 1.56. The van der Waals surface area contributed by atoms with Gasteiger partial charge in [0.25, 0.3) is 11.8 Å². The van der Waals surface area contributed by atoms with Gasteiger partial charge in [-0.2, -0.15) is 0 Å². The van der Waals surface area contributed by atoms with Crippen LogP contribution in [0.1, 0.15) is 20.7 Å². The lowest BCUT2D eigenvalue weighted by molar-refractivity contribution is 0.0782. The van der Waals surface area contributed by atoms with Crippen LogP contribution in [0.4, 0.5) is 5.69 Å². The van der Waals surface area contributed by atoms with Crippen molar-refractivity contribution in [1.29, 1.82) is 0 Å². The Kier molecular flexibility index (Phi) is 4.66. The van der Waals surface area contributed by atoms with Crippen LogP contribution in [-0.2, 0) is 0 Å². The number of para-hydroxylation sites is 1. The average molecular weight is 370 g/mol. The summed E-state index contributed by atoms with van der Waals surface area (Å²) in [6.45, 7) is 3.50. The van der Waals surface area contributed by atoms with Crippen molar-refractivity contribution < 1.29 is 9.59 Å². The molecule has 0 saturated carbocycles. The molecule has 2 saturated heterocycles. The Morgan fingerprint density at radius 3 is 2.35 bits per heavy atom. The summed E-state index contributed by atoms with van der Waals surface area (Å²) in [7, 11) is 0. The lowest BCUT2D eigenvalue weighted by atomic mass is 10.0. The lowest BCUT2D eigenvalue weighted by Crippen LogP contribution is -2.32. The number of anilines is 1. The van der Waals surface area contributed by atoms with Gasteiger partial charge >= 0.3 is 0 Å². The smallest absolute Gasteiger partial charge is 0.255 e. The summed E-state index contributed by atoms with van der Waals surface area (Å²) >= 11 is 5.87. The Morgan fingerprint density at radius 1 is 1.00 bits per heavy atom. The number of benzene rings is 2. The molecule has 5 nitrogen and oxygen atoms in total. The number of nitrogens with zero attached hydrogens (tertiary/aromatic N) is 1. The van der Waals surface area contributed by atoms with Crippen molar-refractivity contribution in [2.75, 3.05) is 31.5 Å². The van der Waals surface area contributed by atoms with Gasteiger partial charge < -0.3 is 15.5 Å². The van der Waals surface area contributed by atoms with Crippen molar-refractivity contribution in [2.24, 2.45) is 11.8 Å². The highest BCUT2D eigenvalue weighted by molar-refractivity contribution is 6.30. The minimum absolute atomic E-state index is 0.0218. The molecule has 2 heterocycles. The Labute approximate surface area is 157 Å². The number of nitrogens with one attached hydrogen (secondary N) is 2. The molecule has 0 unspecified atom stereocenters. The van der Waals surface area contributed by atoms with Gasteiger partial charge in [0.15, 0.2) is 0 Å². The maximum absolute atomic E-state index is 13.0. The van der Waals surface area contributed by atoms with E-state index < -0.39 is 0 Å². The van der Waals surface area contributed by atoms with Gasteiger partial charge in [0.2, 0.25) is 0 Å². The SMILES string of the molecule is O=C(Nc1ccccc1C(=O)N1C[C@H]2CNC[C@H]2C1)c1ccc(Cl)cc1. The summed E-state index contributed by atoms with van der Waals surface area (Å²) in [4.78, 5) is 27.4. The zero-order chi connectivity index (χ0) is 18.1. The number of halogens is 1. The highest BCUT2D eigenvalue weighted by Gasteiger charge is 2.38. The molecule has 2 N–H and O–H groups in total. The molecule has 0 aliphatic carbocycles. The van der Waals surface area contributed by atoms with E-state index in [0.29, 0.717) is 33.7 Å². The molecule has 26 heavy (non-hydrogen) atoms. The second-order valence-electron chi connectivity index (χ2n) is 6.90. The van der Waals surface area contributed by atoms with E-state index in [1.807, 2.05) is 17.0 Å². The average Bonchev–Trinajstić information content (AvgIpc) is 3.24. The number of carbonyl (C=O) groups is 2. The van der Waals surface area contributed by atoms with Gasteiger partial charge in [-0.1, -0.05) is 23.7 Å². The van der Waals surface area contributed by atoms with Crippen molar-refractivity contribution in [2.45, 2.75) is 0 Å². The second-order valence-corrected chi connectivity index (χ2v) is 7.33. The van der Waals surface area contributed by atoms with Gasteiger partial charge in [-0.25, -0.2) is 0 Å². The zero-order valence-corrected chi connectivity index (χ0v) is 15.0. The molecular weight excluding hydrogens is 350 g/mol. The molecule has 2 aliphatic heterocycles. The molecule has 2 amide bonds. The Hall–Kier alpha value is -2.37. The number of amides is 2. The van der Waals surface area contributed by atoms with Crippen molar-refractivity contribution in [3.05, 3.63) is 64.7 Å². The van der Waals surface area contributed by atoms with E-state index in [9.17, 15) is 9.59 Å². The van der Waals surface area contributed by atoms with Crippen LogP contribution < -0.4 is 10.6 Å². The first-order chi connectivity index (χ1) is 12.6. The molecule has 0 bridgehead atoms. The monoisotopic (exact) mass is 369 g/mol. The summed E-state index contributed by atoms with van der Waals surface area (Å²) in [5.74, 6) is 0.792. The van der Waals surface area contributed by atoms with Crippen molar-refractivity contribution >= 4 is 29.1 Å². The molecule has 2 atom stereocenters. The third-order valence-electron chi connectivity index (χ3n) is 5.19. The van der Waals surface area contributed by atoms with Crippen molar-refractivity contribution in [3.8, 4) is 0 Å². The molecule has 0 spiro atoms. The molecule has 2 fully saturated rings. The molecule has 0 aromatic heterocycles. The number of hydrogen-bond acceptors (Lipinski definition) is 3. The Bertz CT molecular complexity index is 825. The van der Waals surface area contributed by atoms with Crippen LogP contribution >= 0.6 is 11.6 Å². The quantitative estimate of drug-likeness (QED) is 0.874. The van der Waals surface area contributed by atoms with Crippen molar-refractivity contribution in [1.82, 2.24) is 10.2 Å². The number of carbonyl (C=O) groups excluding carboxylic acids is 2.